The number of carbonyl (C=O) groups excluding carboxylic acids is 3. The molecule has 1 heterocycles. The van der Waals surface area contributed by atoms with Crippen LogP contribution in [0.5, 0.6) is 0 Å². The minimum Gasteiger partial charge on any atom is -0.509 e. The van der Waals surface area contributed by atoms with Crippen LogP contribution in [0.2, 0.25) is 0 Å². The average Bonchev–Trinajstić information content (AvgIpc) is 2.77. The Labute approximate surface area is 147 Å². The predicted molar refractivity (Wildman–Crippen MR) is 92.0 cm³/mol. The monoisotopic (exact) mass is 345 g/mol. The second-order valence-electron chi connectivity index (χ2n) is 6.90. The molecule has 0 saturated carbocycles. The van der Waals surface area contributed by atoms with Gasteiger partial charge in [-0.15, -0.1) is 0 Å². The van der Waals surface area contributed by atoms with Crippen molar-refractivity contribution in [2.75, 3.05) is 0 Å². The molecule has 134 valence electrons. The van der Waals surface area contributed by atoms with Crippen LogP contribution in [0.4, 0.5) is 4.79 Å². The summed E-state index contributed by atoms with van der Waals surface area (Å²) in [4.78, 5) is 38.1. The van der Waals surface area contributed by atoms with Gasteiger partial charge in [-0.05, 0) is 26.3 Å². The average molecular weight is 345 g/mol. The number of amides is 2. The van der Waals surface area contributed by atoms with Crippen LogP contribution in [0.3, 0.4) is 0 Å². The van der Waals surface area contributed by atoms with Crippen molar-refractivity contribution >= 4 is 17.8 Å². The molecule has 0 unspecified atom stereocenters. The van der Waals surface area contributed by atoms with Crippen molar-refractivity contribution in [3.05, 3.63) is 47.2 Å². The number of hydrogen-bond acceptors (Lipinski definition) is 5. The van der Waals surface area contributed by atoms with Gasteiger partial charge in [0.25, 0.3) is 5.91 Å². The van der Waals surface area contributed by atoms with E-state index in [0.717, 1.165) is 10.5 Å². The first kappa shape index (κ1) is 18.7. The van der Waals surface area contributed by atoms with E-state index in [4.69, 9.17) is 4.74 Å². The van der Waals surface area contributed by atoms with Gasteiger partial charge in [-0.1, -0.05) is 37.3 Å². The van der Waals surface area contributed by atoms with E-state index < -0.39 is 29.4 Å². The van der Waals surface area contributed by atoms with Crippen LogP contribution in [0, 0.1) is 0 Å². The quantitative estimate of drug-likeness (QED) is 0.848. The minimum atomic E-state index is -0.949. The molecule has 0 fully saturated rings. The maximum absolute atomic E-state index is 12.6. The highest BCUT2D eigenvalue weighted by Crippen LogP contribution is 2.30. The van der Waals surface area contributed by atoms with Crippen molar-refractivity contribution in [2.24, 2.45) is 0 Å². The van der Waals surface area contributed by atoms with Crippen LogP contribution in [0.1, 0.15) is 39.7 Å². The zero-order chi connectivity index (χ0) is 18.8. The first-order chi connectivity index (χ1) is 11.7. The van der Waals surface area contributed by atoms with Crippen molar-refractivity contribution in [3.8, 4) is 0 Å². The second kappa shape index (κ2) is 7.09. The number of nitrogens with zero attached hydrogens (tertiary/aromatic N) is 1. The summed E-state index contributed by atoms with van der Waals surface area (Å²) in [7, 11) is 0. The van der Waals surface area contributed by atoms with E-state index in [2.05, 4.69) is 0 Å². The molecule has 6 nitrogen and oxygen atoms in total. The second-order valence-corrected chi connectivity index (χ2v) is 6.90. The fourth-order valence-corrected chi connectivity index (χ4v) is 2.65. The Kier molecular flexibility index (Phi) is 5.30. The number of Topliss-reactive ketones (excluding diaryl/α,β-unsaturated/α-hetero) is 1. The Morgan fingerprint density at radius 2 is 1.80 bits per heavy atom. The van der Waals surface area contributed by atoms with Gasteiger partial charge in [-0.2, -0.15) is 0 Å². The Bertz CT molecular complexity index is 715. The molecular weight excluding hydrogens is 322 g/mol. The van der Waals surface area contributed by atoms with E-state index in [9.17, 15) is 19.5 Å². The summed E-state index contributed by atoms with van der Waals surface area (Å²) in [6, 6.07) is 8.19. The summed E-state index contributed by atoms with van der Waals surface area (Å²) in [5, 5.41) is 10.5. The van der Waals surface area contributed by atoms with Gasteiger partial charge in [0, 0.05) is 12.8 Å². The lowest BCUT2D eigenvalue weighted by Crippen LogP contribution is -2.45. The van der Waals surface area contributed by atoms with Crippen molar-refractivity contribution in [1.82, 2.24) is 4.90 Å². The van der Waals surface area contributed by atoms with Crippen LogP contribution < -0.4 is 0 Å². The Hall–Kier alpha value is -2.63. The van der Waals surface area contributed by atoms with Crippen molar-refractivity contribution in [3.63, 3.8) is 0 Å². The summed E-state index contributed by atoms with van der Waals surface area (Å²) in [5.74, 6) is -1.67. The molecular formula is C19H23NO5. The van der Waals surface area contributed by atoms with E-state index in [1.165, 1.54) is 0 Å². The van der Waals surface area contributed by atoms with Crippen LogP contribution in [-0.2, 0) is 20.7 Å². The Morgan fingerprint density at radius 1 is 1.20 bits per heavy atom. The summed E-state index contributed by atoms with van der Waals surface area (Å²) in [6.45, 7) is 6.65. The highest BCUT2D eigenvalue weighted by molar-refractivity contribution is 6.24. The molecule has 2 rings (SSSR count). The molecule has 0 radical (unpaired) electrons. The van der Waals surface area contributed by atoms with Crippen molar-refractivity contribution < 1.29 is 24.2 Å². The standard InChI is InChI=1S/C19H23NO5/c1-5-14(21)15-16(22)13(11-12-9-7-6-8-10-12)20(17(15)23)18(24)25-19(2,3)4/h6-10,13,22H,5,11H2,1-4H3/t13-/m0/s1. The minimum absolute atomic E-state index is 0.0609. The number of hydrogen-bond donors (Lipinski definition) is 1. The van der Waals surface area contributed by atoms with Crippen LogP contribution in [0.25, 0.3) is 0 Å². The van der Waals surface area contributed by atoms with Gasteiger partial charge in [0.15, 0.2) is 5.78 Å². The first-order valence-corrected chi connectivity index (χ1v) is 8.22. The van der Waals surface area contributed by atoms with Crippen molar-refractivity contribution in [1.29, 1.82) is 0 Å². The molecule has 1 atom stereocenters. The molecule has 1 aromatic carbocycles. The molecule has 0 aliphatic carbocycles. The lowest BCUT2D eigenvalue weighted by molar-refractivity contribution is -0.128. The number of benzene rings is 1. The van der Waals surface area contributed by atoms with Gasteiger partial charge >= 0.3 is 6.09 Å². The maximum Gasteiger partial charge on any atom is 0.418 e. The highest BCUT2D eigenvalue weighted by atomic mass is 16.6. The maximum atomic E-state index is 12.6. The molecule has 0 aromatic heterocycles. The van der Waals surface area contributed by atoms with Gasteiger partial charge in [-0.25, -0.2) is 9.69 Å². The van der Waals surface area contributed by atoms with E-state index in [0.29, 0.717) is 0 Å². The fraction of sp³-hybridized carbons (Fsp3) is 0.421. The number of ether oxygens (including phenoxy) is 1. The molecule has 1 aliphatic rings. The lowest BCUT2D eigenvalue weighted by Gasteiger charge is -2.27. The molecule has 1 aliphatic heterocycles. The normalized spacial score (nSPS) is 17.8. The zero-order valence-electron chi connectivity index (χ0n) is 14.9. The molecule has 0 spiro atoms. The van der Waals surface area contributed by atoms with E-state index in [1.54, 1.807) is 27.7 Å². The van der Waals surface area contributed by atoms with Gasteiger partial charge < -0.3 is 9.84 Å². The topological polar surface area (TPSA) is 83.9 Å². The molecule has 25 heavy (non-hydrogen) atoms. The van der Waals surface area contributed by atoms with Gasteiger partial charge in [0.1, 0.15) is 23.0 Å². The Balaban J connectivity index is 2.40. The smallest absolute Gasteiger partial charge is 0.418 e. The fourth-order valence-electron chi connectivity index (χ4n) is 2.65. The summed E-state index contributed by atoms with van der Waals surface area (Å²) in [5.41, 5.74) is -0.304. The zero-order valence-corrected chi connectivity index (χ0v) is 14.9. The molecule has 0 bridgehead atoms. The van der Waals surface area contributed by atoms with E-state index in [1.807, 2.05) is 30.3 Å². The summed E-state index contributed by atoms with van der Waals surface area (Å²) >= 11 is 0. The molecule has 6 heteroatoms. The third-order valence-electron chi connectivity index (χ3n) is 3.78. The predicted octanol–water partition coefficient (Wildman–Crippen LogP) is 3.17. The summed E-state index contributed by atoms with van der Waals surface area (Å²) in [6.07, 6.45) is -0.604. The van der Waals surface area contributed by atoms with Gasteiger partial charge in [0.05, 0.1) is 0 Å². The summed E-state index contributed by atoms with van der Waals surface area (Å²) < 4.78 is 5.29. The number of carbonyl (C=O) groups is 3. The first-order valence-electron chi connectivity index (χ1n) is 8.22. The van der Waals surface area contributed by atoms with Gasteiger partial charge in [0.2, 0.25) is 0 Å². The van der Waals surface area contributed by atoms with Crippen molar-refractivity contribution in [2.45, 2.75) is 52.2 Å². The molecule has 2 amide bonds. The molecule has 1 aromatic rings. The third kappa shape index (κ3) is 4.07. The van der Waals surface area contributed by atoms with Crippen LogP contribution in [0.15, 0.2) is 41.7 Å². The number of imide groups is 1. The van der Waals surface area contributed by atoms with Gasteiger partial charge in [-0.3, -0.25) is 9.59 Å². The number of ketones is 1. The highest BCUT2D eigenvalue weighted by Gasteiger charge is 2.46. The number of aliphatic hydroxyl groups excluding tert-OH is 1. The SMILES string of the molecule is CCC(=O)C1=C(O)[C@H](Cc2ccccc2)N(C(=O)OC(C)(C)C)C1=O. The number of aliphatic hydroxyl groups is 1. The largest absolute Gasteiger partial charge is 0.509 e. The number of rotatable bonds is 4. The third-order valence-corrected chi connectivity index (χ3v) is 3.78. The molecule has 1 N–H and O–H groups in total. The van der Waals surface area contributed by atoms with Crippen LogP contribution >= 0.6 is 0 Å². The van der Waals surface area contributed by atoms with E-state index >= 15 is 0 Å². The Morgan fingerprint density at radius 3 is 2.32 bits per heavy atom. The van der Waals surface area contributed by atoms with Crippen LogP contribution in [-0.4, -0.2) is 39.4 Å². The van der Waals surface area contributed by atoms with E-state index in [-0.39, 0.29) is 24.2 Å². The lowest BCUT2D eigenvalue weighted by atomic mass is 10.0. The molecule has 0 saturated heterocycles.